The predicted molar refractivity (Wildman–Crippen MR) is 121 cm³/mol. The molecule has 1 unspecified atom stereocenters. The van der Waals surface area contributed by atoms with Crippen LogP contribution < -0.4 is 15.4 Å². The number of hydrogen-bond acceptors (Lipinski definition) is 7. The van der Waals surface area contributed by atoms with Crippen molar-refractivity contribution in [1.82, 2.24) is 10.2 Å². The van der Waals surface area contributed by atoms with E-state index in [4.69, 9.17) is 9.47 Å². The number of carbonyl (C=O) groups is 4. The Bertz CT molecular complexity index is 1140. The first-order valence-corrected chi connectivity index (χ1v) is 11.6. The van der Waals surface area contributed by atoms with Crippen LogP contribution in [0.5, 0.6) is 5.75 Å². The lowest BCUT2D eigenvalue weighted by molar-refractivity contribution is -0.135. The van der Waals surface area contributed by atoms with Crippen molar-refractivity contribution in [2.45, 2.75) is 39.2 Å². The highest BCUT2D eigenvalue weighted by Gasteiger charge is 2.55. The number of fused-ring (bicyclic) bond motifs is 2. The fourth-order valence-corrected chi connectivity index (χ4v) is 5.49. The minimum Gasteiger partial charge on any atom is -0.493 e. The second-order valence-electron chi connectivity index (χ2n) is 7.78. The molecule has 2 aliphatic heterocycles. The molecule has 1 spiro atoms. The van der Waals surface area contributed by atoms with Gasteiger partial charge in [-0.3, -0.25) is 14.5 Å². The lowest BCUT2D eigenvalue weighted by atomic mass is 9.84. The van der Waals surface area contributed by atoms with Gasteiger partial charge in [-0.25, -0.2) is 9.59 Å². The molecule has 0 bridgehead atoms. The molecule has 4 amide bonds. The molecule has 4 rings (SSSR count). The van der Waals surface area contributed by atoms with Crippen LogP contribution in [0.15, 0.2) is 24.3 Å². The monoisotopic (exact) mass is 471 g/mol. The number of nitrogens with zero attached hydrogens (tertiary/aromatic N) is 1. The lowest BCUT2D eigenvalue weighted by Crippen LogP contribution is -2.48. The molecular weight excluding hydrogens is 446 g/mol. The number of benzene rings is 1. The molecule has 0 saturated carbocycles. The van der Waals surface area contributed by atoms with Crippen molar-refractivity contribution in [3.63, 3.8) is 0 Å². The van der Waals surface area contributed by atoms with Gasteiger partial charge >= 0.3 is 12.0 Å². The second kappa shape index (κ2) is 8.86. The largest absolute Gasteiger partial charge is 0.493 e. The SMILES string of the molecule is CCOC(=O)c1c(NC(=O)CN2C(=O)NC3(CCOc4ccccc43)C2=O)sc(C)c1CC. The van der Waals surface area contributed by atoms with Crippen LogP contribution in [0.1, 0.15) is 46.6 Å². The molecule has 2 N–H and O–H groups in total. The number of anilines is 1. The van der Waals surface area contributed by atoms with Crippen molar-refractivity contribution in [2.24, 2.45) is 0 Å². The normalized spacial score (nSPS) is 19.2. The summed E-state index contributed by atoms with van der Waals surface area (Å²) < 4.78 is 10.8. The molecule has 1 aromatic heterocycles. The Hall–Kier alpha value is -3.40. The number of para-hydroxylation sites is 1. The number of rotatable bonds is 6. The quantitative estimate of drug-likeness (QED) is 0.495. The smallest absolute Gasteiger partial charge is 0.341 e. The summed E-state index contributed by atoms with van der Waals surface area (Å²) in [5.74, 6) is -1.06. The third-order valence-corrected chi connectivity index (χ3v) is 6.92. The number of nitrogens with one attached hydrogen (secondary N) is 2. The van der Waals surface area contributed by atoms with E-state index in [0.717, 1.165) is 15.3 Å². The number of hydrogen-bond donors (Lipinski definition) is 2. The zero-order valence-corrected chi connectivity index (χ0v) is 19.5. The van der Waals surface area contributed by atoms with E-state index in [9.17, 15) is 19.2 Å². The molecule has 10 heteroatoms. The Morgan fingerprint density at radius 2 is 2.03 bits per heavy atom. The fourth-order valence-electron chi connectivity index (χ4n) is 4.34. The molecule has 0 radical (unpaired) electrons. The Morgan fingerprint density at radius 1 is 1.27 bits per heavy atom. The van der Waals surface area contributed by atoms with Gasteiger partial charge < -0.3 is 20.1 Å². The van der Waals surface area contributed by atoms with Gasteiger partial charge in [0.2, 0.25) is 5.91 Å². The molecule has 1 saturated heterocycles. The van der Waals surface area contributed by atoms with Crippen molar-refractivity contribution >= 4 is 40.2 Å². The van der Waals surface area contributed by atoms with Gasteiger partial charge in [0, 0.05) is 16.9 Å². The summed E-state index contributed by atoms with van der Waals surface area (Å²) in [7, 11) is 0. The third-order valence-electron chi connectivity index (χ3n) is 5.85. The number of carbonyl (C=O) groups excluding carboxylic acids is 4. The molecule has 2 aliphatic rings. The maximum atomic E-state index is 13.3. The number of aryl methyl sites for hydroxylation is 1. The summed E-state index contributed by atoms with van der Waals surface area (Å²) in [5.41, 5.74) is 0.448. The molecule has 1 atom stereocenters. The average molecular weight is 472 g/mol. The zero-order chi connectivity index (χ0) is 23.8. The van der Waals surface area contributed by atoms with Crippen LogP contribution in [0.3, 0.4) is 0 Å². The molecule has 3 heterocycles. The molecular formula is C23H25N3O6S. The van der Waals surface area contributed by atoms with Crippen molar-refractivity contribution in [3.05, 3.63) is 45.8 Å². The van der Waals surface area contributed by atoms with Gasteiger partial charge in [-0.15, -0.1) is 11.3 Å². The third kappa shape index (κ3) is 3.84. The van der Waals surface area contributed by atoms with Crippen LogP contribution in [-0.4, -0.2) is 48.5 Å². The van der Waals surface area contributed by atoms with Gasteiger partial charge in [-0.1, -0.05) is 25.1 Å². The zero-order valence-electron chi connectivity index (χ0n) is 18.6. The Labute approximate surface area is 195 Å². The van der Waals surface area contributed by atoms with Crippen molar-refractivity contribution < 1.29 is 28.7 Å². The van der Waals surface area contributed by atoms with E-state index in [0.29, 0.717) is 28.3 Å². The average Bonchev–Trinajstić information content (AvgIpc) is 3.22. The Morgan fingerprint density at radius 3 is 2.76 bits per heavy atom. The molecule has 2 aromatic rings. The first kappa shape index (κ1) is 22.8. The van der Waals surface area contributed by atoms with Gasteiger partial charge in [0.15, 0.2) is 5.54 Å². The van der Waals surface area contributed by atoms with E-state index in [1.54, 1.807) is 31.2 Å². The number of esters is 1. The fraction of sp³-hybridized carbons (Fsp3) is 0.391. The summed E-state index contributed by atoms with van der Waals surface area (Å²) in [6.45, 7) is 5.49. The summed E-state index contributed by atoms with van der Waals surface area (Å²) in [5, 5.41) is 5.83. The van der Waals surface area contributed by atoms with Crippen molar-refractivity contribution in [2.75, 3.05) is 25.1 Å². The maximum absolute atomic E-state index is 13.3. The van der Waals surface area contributed by atoms with E-state index < -0.39 is 35.9 Å². The summed E-state index contributed by atoms with van der Waals surface area (Å²) in [4.78, 5) is 53.2. The van der Waals surface area contributed by atoms with Crippen LogP contribution >= 0.6 is 11.3 Å². The first-order chi connectivity index (χ1) is 15.8. The van der Waals surface area contributed by atoms with Crippen LogP contribution in [0.25, 0.3) is 0 Å². The van der Waals surface area contributed by atoms with Gasteiger partial charge in [0.25, 0.3) is 5.91 Å². The standard InChI is InChI=1S/C23H25N3O6S/c1-4-14-13(3)33-19(18(14)20(28)31-5-2)24-17(27)12-26-21(29)23(25-22(26)30)10-11-32-16-9-7-6-8-15(16)23/h6-9H,4-5,10-12H2,1-3H3,(H,24,27)(H,25,30). The van der Waals surface area contributed by atoms with Crippen molar-refractivity contribution in [3.8, 4) is 5.75 Å². The van der Waals surface area contributed by atoms with Gasteiger partial charge in [-0.2, -0.15) is 0 Å². The van der Waals surface area contributed by atoms with Gasteiger partial charge in [-0.05, 0) is 31.9 Å². The summed E-state index contributed by atoms with van der Waals surface area (Å²) in [6.07, 6.45) is 0.868. The molecule has 1 fully saturated rings. The van der Waals surface area contributed by atoms with Crippen LogP contribution in [0.2, 0.25) is 0 Å². The Kier molecular flexibility index (Phi) is 6.11. The Balaban J connectivity index is 1.56. The van der Waals surface area contributed by atoms with E-state index in [2.05, 4.69) is 10.6 Å². The van der Waals surface area contributed by atoms with Crippen LogP contribution in [0, 0.1) is 6.92 Å². The van der Waals surface area contributed by atoms with Gasteiger partial charge in [0.1, 0.15) is 17.3 Å². The summed E-state index contributed by atoms with van der Waals surface area (Å²) >= 11 is 1.27. The lowest BCUT2D eigenvalue weighted by Gasteiger charge is -2.33. The van der Waals surface area contributed by atoms with Crippen LogP contribution in [-0.2, 0) is 26.3 Å². The minimum absolute atomic E-state index is 0.208. The highest BCUT2D eigenvalue weighted by Crippen LogP contribution is 2.41. The minimum atomic E-state index is -1.25. The maximum Gasteiger partial charge on any atom is 0.341 e. The molecule has 0 aliphatic carbocycles. The number of amides is 4. The highest BCUT2D eigenvalue weighted by atomic mass is 32.1. The van der Waals surface area contributed by atoms with E-state index in [-0.39, 0.29) is 19.6 Å². The predicted octanol–water partition coefficient (Wildman–Crippen LogP) is 2.96. The molecule has 174 valence electrons. The second-order valence-corrected chi connectivity index (χ2v) is 9.01. The number of urea groups is 1. The van der Waals surface area contributed by atoms with Gasteiger partial charge in [0.05, 0.1) is 18.8 Å². The number of thiophene rings is 1. The molecule has 33 heavy (non-hydrogen) atoms. The first-order valence-electron chi connectivity index (χ1n) is 10.8. The van der Waals surface area contributed by atoms with E-state index >= 15 is 0 Å². The van der Waals surface area contributed by atoms with Crippen molar-refractivity contribution in [1.29, 1.82) is 0 Å². The topological polar surface area (TPSA) is 114 Å². The summed E-state index contributed by atoms with van der Waals surface area (Å²) in [6, 6.07) is 6.40. The number of ether oxygens (including phenoxy) is 2. The van der Waals surface area contributed by atoms with E-state index in [1.165, 1.54) is 11.3 Å². The molecule has 9 nitrogen and oxygen atoms in total. The van der Waals surface area contributed by atoms with Crippen LogP contribution in [0.4, 0.5) is 9.80 Å². The highest BCUT2D eigenvalue weighted by molar-refractivity contribution is 7.16. The van der Waals surface area contributed by atoms with E-state index in [1.807, 2.05) is 13.8 Å². The molecule has 1 aromatic carbocycles. The number of imide groups is 1.